The van der Waals surface area contributed by atoms with E-state index in [1.165, 1.54) is 24.1 Å². The number of nitrogens with one attached hydrogen (secondary N) is 2. The summed E-state index contributed by atoms with van der Waals surface area (Å²) in [6.07, 6.45) is 11.0. The minimum atomic E-state index is -0.476. The van der Waals surface area contributed by atoms with Gasteiger partial charge in [-0.2, -0.15) is 0 Å². The van der Waals surface area contributed by atoms with E-state index in [0.29, 0.717) is 31.0 Å². The average Bonchev–Trinajstić information content (AvgIpc) is 3.59. The summed E-state index contributed by atoms with van der Waals surface area (Å²) in [6, 6.07) is 0.510. The molecule has 3 fully saturated rings. The van der Waals surface area contributed by atoms with Gasteiger partial charge in [-0.25, -0.2) is 4.79 Å². The van der Waals surface area contributed by atoms with Gasteiger partial charge >= 0.3 is 6.09 Å². The van der Waals surface area contributed by atoms with Gasteiger partial charge in [-0.3, -0.25) is 0 Å². The van der Waals surface area contributed by atoms with Crippen LogP contribution in [-0.4, -0.2) is 72.8 Å². The molecular formula is C25H42N6O2. The van der Waals surface area contributed by atoms with Gasteiger partial charge in [0, 0.05) is 56.6 Å². The van der Waals surface area contributed by atoms with Gasteiger partial charge in [-0.05, 0) is 70.9 Å². The third-order valence-corrected chi connectivity index (χ3v) is 7.02. The van der Waals surface area contributed by atoms with Crippen molar-refractivity contribution in [3.8, 4) is 0 Å². The molecule has 1 saturated heterocycles. The fourth-order valence-corrected chi connectivity index (χ4v) is 4.79. The fraction of sp³-hybridized carbons (Fsp3) is 0.720. The van der Waals surface area contributed by atoms with Gasteiger partial charge in [0.15, 0.2) is 0 Å². The summed E-state index contributed by atoms with van der Waals surface area (Å²) < 4.78 is 5.56. The molecule has 2 aliphatic carbocycles. The van der Waals surface area contributed by atoms with Crippen molar-refractivity contribution in [2.75, 3.05) is 39.3 Å². The van der Waals surface area contributed by atoms with Crippen molar-refractivity contribution in [1.82, 2.24) is 20.4 Å². The smallest absolute Gasteiger partial charge is 0.410 e. The molecule has 8 nitrogen and oxygen atoms in total. The zero-order chi connectivity index (χ0) is 23.6. The Labute approximate surface area is 198 Å². The molecule has 1 amide bonds. The zero-order valence-corrected chi connectivity index (χ0v) is 20.5. The number of rotatable bonds is 7. The van der Waals surface area contributed by atoms with Crippen LogP contribution < -0.4 is 22.1 Å². The number of hydrogen-bond donors (Lipinski definition) is 4. The number of amides is 1. The van der Waals surface area contributed by atoms with Gasteiger partial charge in [0.25, 0.3) is 0 Å². The van der Waals surface area contributed by atoms with Crippen LogP contribution in [0.3, 0.4) is 0 Å². The summed E-state index contributed by atoms with van der Waals surface area (Å²) in [5, 5.41) is 7.24. The number of nitrogens with zero attached hydrogens (tertiary/aromatic N) is 2. The first-order valence-corrected chi connectivity index (χ1v) is 12.5. The van der Waals surface area contributed by atoms with Crippen LogP contribution >= 0.6 is 0 Å². The predicted octanol–water partition coefficient (Wildman–Crippen LogP) is 1.86. The van der Waals surface area contributed by atoms with Crippen LogP contribution in [0.4, 0.5) is 4.79 Å². The van der Waals surface area contributed by atoms with Crippen LogP contribution in [-0.2, 0) is 4.74 Å². The number of piperazine rings is 1. The number of ether oxygens (including phenoxy) is 1. The number of allylic oxidation sites excluding steroid dienone is 1. The van der Waals surface area contributed by atoms with Crippen LogP contribution in [0.2, 0.25) is 0 Å². The Morgan fingerprint density at radius 1 is 1.27 bits per heavy atom. The Kier molecular flexibility index (Phi) is 7.24. The second-order valence-corrected chi connectivity index (χ2v) is 10.9. The van der Waals surface area contributed by atoms with E-state index in [4.69, 9.17) is 16.2 Å². The van der Waals surface area contributed by atoms with Crippen LogP contribution in [0, 0.1) is 11.8 Å². The van der Waals surface area contributed by atoms with Gasteiger partial charge in [0.2, 0.25) is 0 Å². The lowest BCUT2D eigenvalue weighted by atomic mass is 9.80. The van der Waals surface area contributed by atoms with E-state index in [1.807, 2.05) is 20.8 Å². The molecule has 0 bridgehead atoms. The highest BCUT2D eigenvalue weighted by atomic mass is 16.6. The molecule has 4 aliphatic rings. The normalized spacial score (nSPS) is 27.1. The lowest BCUT2D eigenvalue weighted by Crippen LogP contribution is -2.50. The second kappa shape index (κ2) is 9.97. The van der Waals surface area contributed by atoms with Crippen LogP contribution in [0.5, 0.6) is 0 Å². The SMILES string of the molecule is CC(C)(C)OC(=O)N1CCN(C2=C(/C(=C/NC3CC(CN)C3)C(N)C3CC3)NCC=C2)CC1. The van der Waals surface area contributed by atoms with E-state index in [0.717, 1.165) is 44.7 Å². The second-order valence-electron chi connectivity index (χ2n) is 10.9. The maximum Gasteiger partial charge on any atom is 0.410 e. The van der Waals surface area contributed by atoms with Crippen molar-refractivity contribution in [2.24, 2.45) is 23.3 Å². The maximum absolute atomic E-state index is 12.5. The molecule has 6 N–H and O–H groups in total. The minimum Gasteiger partial charge on any atom is -0.444 e. The Hall–Kier alpha value is -2.19. The van der Waals surface area contributed by atoms with Gasteiger partial charge in [0.05, 0.1) is 11.4 Å². The molecule has 0 aromatic heterocycles. The molecule has 2 aliphatic heterocycles. The highest BCUT2D eigenvalue weighted by molar-refractivity contribution is 5.68. The first-order valence-electron chi connectivity index (χ1n) is 12.5. The number of hydrogen-bond acceptors (Lipinski definition) is 7. The topological polar surface area (TPSA) is 109 Å². The van der Waals surface area contributed by atoms with Crippen molar-refractivity contribution in [2.45, 2.75) is 64.1 Å². The quantitative estimate of drug-likeness (QED) is 0.461. The summed E-state index contributed by atoms with van der Waals surface area (Å²) >= 11 is 0. The molecule has 0 aromatic carbocycles. The summed E-state index contributed by atoms with van der Waals surface area (Å²) in [5.74, 6) is 1.20. The Bertz CT molecular complexity index is 796. The largest absolute Gasteiger partial charge is 0.444 e. The molecule has 1 atom stereocenters. The standard InChI is InChI=1S/C25H42N6O2/c1-25(2,3)33-24(32)31-11-9-30(10-12-31)21-5-4-8-28-23(21)20(22(27)18-6-7-18)16-29-19-13-17(14-19)15-26/h4-5,16-19,22,28-29H,6-15,26-27H2,1-3H3/b20-16+. The van der Waals surface area contributed by atoms with E-state index in [-0.39, 0.29) is 12.1 Å². The molecular weight excluding hydrogens is 416 g/mol. The van der Waals surface area contributed by atoms with Crippen molar-refractivity contribution >= 4 is 6.09 Å². The number of nitrogens with two attached hydrogens (primary N) is 2. The third-order valence-electron chi connectivity index (χ3n) is 7.02. The Morgan fingerprint density at radius 3 is 2.58 bits per heavy atom. The number of carbonyl (C=O) groups excluding carboxylic acids is 1. The highest BCUT2D eigenvalue weighted by Crippen LogP contribution is 2.37. The fourth-order valence-electron chi connectivity index (χ4n) is 4.79. The number of dihydropyridines is 1. The molecule has 8 heteroatoms. The molecule has 33 heavy (non-hydrogen) atoms. The molecule has 0 radical (unpaired) electrons. The molecule has 2 heterocycles. The van der Waals surface area contributed by atoms with E-state index in [9.17, 15) is 4.79 Å². The summed E-state index contributed by atoms with van der Waals surface area (Å²) in [7, 11) is 0. The minimum absolute atomic E-state index is 0.0231. The van der Waals surface area contributed by atoms with Crippen LogP contribution in [0.15, 0.2) is 35.3 Å². The summed E-state index contributed by atoms with van der Waals surface area (Å²) in [4.78, 5) is 16.6. The van der Waals surface area contributed by atoms with Crippen LogP contribution in [0.1, 0.15) is 46.5 Å². The summed E-state index contributed by atoms with van der Waals surface area (Å²) in [6.45, 7) is 10.1. The monoisotopic (exact) mass is 458 g/mol. The third kappa shape index (κ3) is 6.03. The molecule has 184 valence electrons. The lowest BCUT2D eigenvalue weighted by molar-refractivity contribution is 0.0170. The zero-order valence-electron chi connectivity index (χ0n) is 20.5. The van der Waals surface area contributed by atoms with E-state index in [1.54, 1.807) is 4.90 Å². The Balaban J connectivity index is 1.47. The lowest BCUT2D eigenvalue weighted by Gasteiger charge is -2.39. The van der Waals surface area contributed by atoms with Crippen molar-refractivity contribution in [3.63, 3.8) is 0 Å². The molecule has 4 rings (SSSR count). The molecule has 0 aromatic rings. The summed E-state index contributed by atoms with van der Waals surface area (Å²) in [5.41, 5.74) is 15.5. The van der Waals surface area contributed by atoms with Crippen molar-refractivity contribution in [1.29, 1.82) is 0 Å². The Morgan fingerprint density at radius 2 is 1.97 bits per heavy atom. The first kappa shape index (κ1) is 24.0. The number of carbonyl (C=O) groups is 1. The van der Waals surface area contributed by atoms with Gasteiger partial charge in [-0.1, -0.05) is 6.08 Å². The van der Waals surface area contributed by atoms with Gasteiger partial charge < -0.3 is 36.6 Å². The van der Waals surface area contributed by atoms with Crippen LogP contribution in [0.25, 0.3) is 0 Å². The van der Waals surface area contributed by atoms with E-state index in [2.05, 4.69) is 33.9 Å². The first-order chi connectivity index (χ1) is 15.7. The molecule has 2 saturated carbocycles. The van der Waals surface area contributed by atoms with Gasteiger partial charge in [0.1, 0.15) is 5.60 Å². The van der Waals surface area contributed by atoms with E-state index >= 15 is 0 Å². The van der Waals surface area contributed by atoms with Crippen molar-refractivity contribution in [3.05, 3.63) is 35.3 Å². The van der Waals surface area contributed by atoms with E-state index < -0.39 is 5.60 Å². The molecule has 1 unspecified atom stereocenters. The predicted molar refractivity (Wildman–Crippen MR) is 131 cm³/mol. The van der Waals surface area contributed by atoms with Crippen molar-refractivity contribution < 1.29 is 9.53 Å². The highest BCUT2D eigenvalue weighted by Gasteiger charge is 2.35. The molecule has 0 spiro atoms. The average molecular weight is 459 g/mol. The maximum atomic E-state index is 12.5. The van der Waals surface area contributed by atoms with Gasteiger partial charge in [-0.15, -0.1) is 0 Å².